The molecule has 1 heterocycles. The second-order valence-corrected chi connectivity index (χ2v) is 6.68. The number of carboxylic acids is 1. The minimum Gasteiger partial charge on any atom is -0.481 e. The molecule has 120 valence electrons. The summed E-state index contributed by atoms with van der Waals surface area (Å²) in [7, 11) is 0. The molecule has 0 aliphatic carbocycles. The van der Waals surface area contributed by atoms with E-state index < -0.39 is 23.6 Å². The first-order valence-electron chi connectivity index (χ1n) is 7.53. The molecule has 1 aliphatic rings. The highest BCUT2D eigenvalue weighted by molar-refractivity contribution is 5.74. The van der Waals surface area contributed by atoms with Crippen molar-refractivity contribution in [2.24, 2.45) is 5.92 Å². The molecule has 1 aliphatic heterocycles. The Kier molecular flexibility index (Phi) is 4.74. The van der Waals surface area contributed by atoms with Crippen LogP contribution >= 0.6 is 0 Å². The number of amides is 1. The van der Waals surface area contributed by atoms with Crippen molar-refractivity contribution in [3.63, 3.8) is 0 Å². The molecule has 0 aromatic heterocycles. The number of aliphatic carboxylic acids is 1. The molecule has 1 aromatic rings. The van der Waals surface area contributed by atoms with E-state index in [-0.39, 0.29) is 12.5 Å². The first kappa shape index (κ1) is 16.3. The van der Waals surface area contributed by atoms with Gasteiger partial charge in [0.25, 0.3) is 0 Å². The van der Waals surface area contributed by atoms with Crippen molar-refractivity contribution in [3.8, 4) is 0 Å². The van der Waals surface area contributed by atoms with E-state index in [0.29, 0.717) is 13.0 Å². The third-order valence-corrected chi connectivity index (χ3v) is 3.81. The number of ether oxygens (including phenoxy) is 1. The zero-order valence-corrected chi connectivity index (χ0v) is 13.3. The highest BCUT2D eigenvalue weighted by atomic mass is 16.6. The van der Waals surface area contributed by atoms with Crippen molar-refractivity contribution in [1.29, 1.82) is 0 Å². The third kappa shape index (κ3) is 4.00. The average molecular weight is 305 g/mol. The maximum absolute atomic E-state index is 12.1. The molecule has 0 saturated carbocycles. The van der Waals surface area contributed by atoms with E-state index in [0.717, 1.165) is 5.56 Å². The quantitative estimate of drug-likeness (QED) is 0.911. The lowest BCUT2D eigenvalue weighted by molar-refractivity contribution is -0.144. The van der Waals surface area contributed by atoms with Crippen LogP contribution in [0.5, 0.6) is 0 Å². The third-order valence-electron chi connectivity index (χ3n) is 3.81. The van der Waals surface area contributed by atoms with Crippen LogP contribution in [0, 0.1) is 5.92 Å². The van der Waals surface area contributed by atoms with E-state index in [4.69, 9.17) is 4.74 Å². The zero-order chi connectivity index (χ0) is 16.3. The number of rotatable bonds is 2. The van der Waals surface area contributed by atoms with Crippen LogP contribution in [0.4, 0.5) is 4.79 Å². The van der Waals surface area contributed by atoms with Gasteiger partial charge in [0.15, 0.2) is 0 Å². The van der Waals surface area contributed by atoms with Crippen molar-refractivity contribution in [3.05, 3.63) is 35.9 Å². The molecule has 2 atom stereocenters. The van der Waals surface area contributed by atoms with Crippen LogP contribution in [0.3, 0.4) is 0 Å². The summed E-state index contributed by atoms with van der Waals surface area (Å²) in [6.45, 7) is 6.10. The number of likely N-dealkylation sites (tertiary alicyclic amines) is 1. The number of carbonyl (C=O) groups excluding carboxylic acids is 1. The van der Waals surface area contributed by atoms with Crippen LogP contribution in [-0.4, -0.2) is 40.8 Å². The number of carbonyl (C=O) groups is 2. The molecule has 1 aromatic carbocycles. The second kappa shape index (κ2) is 6.38. The molecule has 1 N–H and O–H groups in total. The highest BCUT2D eigenvalue weighted by Crippen LogP contribution is 2.33. The Labute approximate surface area is 130 Å². The van der Waals surface area contributed by atoms with Crippen LogP contribution < -0.4 is 0 Å². The van der Waals surface area contributed by atoms with Gasteiger partial charge in [-0.05, 0) is 32.8 Å². The molecule has 5 nitrogen and oxygen atoms in total. The van der Waals surface area contributed by atoms with Gasteiger partial charge < -0.3 is 14.7 Å². The molecular weight excluding hydrogens is 282 g/mol. The molecule has 0 bridgehead atoms. The standard InChI is InChI=1S/C17H23NO4/c1-17(2,3)22-16(21)18-10-9-13(14(11-18)15(19)20)12-7-5-4-6-8-12/h4-8,13-14H,9-11H2,1-3H3,(H,19,20)/t13-,14-/m0/s1. The van der Waals surface area contributed by atoms with Gasteiger partial charge in [-0.1, -0.05) is 30.3 Å². The fourth-order valence-corrected chi connectivity index (χ4v) is 2.79. The van der Waals surface area contributed by atoms with Gasteiger partial charge in [-0.15, -0.1) is 0 Å². The lowest BCUT2D eigenvalue weighted by Gasteiger charge is -2.37. The Morgan fingerprint density at radius 3 is 2.41 bits per heavy atom. The van der Waals surface area contributed by atoms with E-state index in [9.17, 15) is 14.7 Å². The van der Waals surface area contributed by atoms with Crippen molar-refractivity contribution < 1.29 is 19.4 Å². The van der Waals surface area contributed by atoms with Gasteiger partial charge >= 0.3 is 12.1 Å². The number of nitrogens with zero attached hydrogens (tertiary/aromatic N) is 1. The zero-order valence-electron chi connectivity index (χ0n) is 13.3. The predicted molar refractivity (Wildman–Crippen MR) is 82.7 cm³/mol. The van der Waals surface area contributed by atoms with Crippen molar-refractivity contribution in [2.45, 2.75) is 38.7 Å². The topological polar surface area (TPSA) is 66.8 Å². The molecule has 0 spiro atoms. The van der Waals surface area contributed by atoms with Gasteiger partial charge in [0.1, 0.15) is 5.60 Å². The van der Waals surface area contributed by atoms with Crippen molar-refractivity contribution in [1.82, 2.24) is 4.90 Å². The van der Waals surface area contributed by atoms with Crippen LogP contribution in [0.2, 0.25) is 0 Å². The van der Waals surface area contributed by atoms with Gasteiger partial charge in [0.05, 0.1) is 5.92 Å². The summed E-state index contributed by atoms with van der Waals surface area (Å²) in [6, 6.07) is 9.63. The van der Waals surface area contributed by atoms with Crippen LogP contribution in [0.1, 0.15) is 38.7 Å². The Morgan fingerprint density at radius 2 is 1.86 bits per heavy atom. The molecule has 1 amide bonds. The number of benzene rings is 1. The minimum atomic E-state index is -0.873. The van der Waals surface area contributed by atoms with Gasteiger partial charge in [0.2, 0.25) is 0 Å². The monoisotopic (exact) mass is 305 g/mol. The van der Waals surface area contributed by atoms with Crippen molar-refractivity contribution >= 4 is 12.1 Å². The molecule has 5 heteroatoms. The summed E-state index contributed by atoms with van der Waals surface area (Å²) >= 11 is 0. The fraction of sp³-hybridized carbons (Fsp3) is 0.529. The maximum atomic E-state index is 12.1. The van der Waals surface area contributed by atoms with Crippen molar-refractivity contribution in [2.75, 3.05) is 13.1 Å². The summed E-state index contributed by atoms with van der Waals surface area (Å²) in [6.07, 6.45) is 0.186. The fourth-order valence-electron chi connectivity index (χ4n) is 2.79. The molecule has 0 unspecified atom stereocenters. The normalized spacial score (nSPS) is 22.2. The van der Waals surface area contributed by atoms with Crippen LogP contribution in [0.25, 0.3) is 0 Å². The van der Waals surface area contributed by atoms with E-state index in [1.807, 2.05) is 30.3 Å². The summed E-state index contributed by atoms with van der Waals surface area (Å²) in [5, 5.41) is 9.52. The first-order chi connectivity index (χ1) is 10.3. The Hall–Kier alpha value is -2.04. The van der Waals surface area contributed by atoms with Crippen LogP contribution in [-0.2, 0) is 9.53 Å². The molecular formula is C17H23NO4. The minimum absolute atomic E-state index is 0.0719. The number of hydrogen-bond donors (Lipinski definition) is 1. The van der Waals surface area contributed by atoms with Gasteiger partial charge in [0, 0.05) is 19.0 Å². The lowest BCUT2D eigenvalue weighted by Crippen LogP contribution is -2.47. The molecule has 1 fully saturated rings. The predicted octanol–water partition coefficient (Wildman–Crippen LogP) is 3.11. The Balaban J connectivity index is 2.12. The molecule has 0 radical (unpaired) electrons. The second-order valence-electron chi connectivity index (χ2n) is 6.68. The van der Waals surface area contributed by atoms with Gasteiger partial charge in [-0.25, -0.2) is 4.79 Å². The number of piperidine rings is 1. The van der Waals surface area contributed by atoms with Gasteiger partial charge in [-0.3, -0.25) is 4.79 Å². The summed E-state index contributed by atoms with van der Waals surface area (Å²) in [4.78, 5) is 25.3. The Bertz CT molecular complexity index is 535. The lowest BCUT2D eigenvalue weighted by atomic mass is 9.80. The molecule has 2 rings (SSSR count). The highest BCUT2D eigenvalue weighted by Gasteiger charge is 2.38. The van der Waals surface area contributed by atoms with Crippen LogP contribution in [0.15, 0.2) is 30.3 Å². The summed E-state index contributed by atoms with van der Waals surface area (Å²) in [5.41, 5.74) is 0.435. The largest absolute Gasteiger partial charge is 0.481 e. The number of carboxylic acid groups (broad SMARTS) is 1. The van der Waals surface area contributed by atoms with E-state index in [2.05, 4.69) is 0 Å². The van der Waals surface area contributed by atoms with Gasteiger partial charge in [-0.2, -0.15) is 0 Å². The van der Waals surface area contributed by atoms with E-state index >= 15 is 0 Å². The van der Waals surface area contributed by atoms with E-state index in [1.165, 1.54) is 4.90 Å². The number of hydrogen-bond acceptors (Lipinski definition) is 3. The Morgan fingerprint density at radius 1 is 1.23 bits per heavy atom. The molecule has 1 saturated heterocycles. The molecule has 22 heavy (non-hydrogen) atoms. The first-order valence-corrected chi connectivity index (χ1v) is 7.53. The summed E-state index contributed by atoms with van der Waals surface area (Å²) < 4.78 is 5.34. The maximum Gasteiger partial charge on any atom is 0.410 e. The SMILES string of the molecule is CC(C)(C)OC(=O)N1CC[C@@H](c2ccccc2)[C@@H](C(=O)O)C1. The van der Waals surface area contributed by atoms with E-state index in [1.54, 1.807) is 20.8 Å². The summed E-state index contributed by atoms with van der Waals surface area (Å²) in [5.74, 6) is -1.55. The smallest absolute Gasteiger partial charge is 0.410 e. The average Bonchev–Trinajstić information content (AvgIpc) is 2.45.